The fourth-order valence-corrected chi connectivity index (χ4v) is 6.94. The van der Waals surface area contributed by atoms with E-state index in [9.17, 15) is 22.0 Å². The summed E-state index contributed by atoms with van der Waals surface area (Å²) in [5, 5.41) is 2.82. The number of thioether (sulfide) groups is 1. The number of rotatable bonds is 11. The van der Waals surface area contributed by atoms with Gasteiger partial charge in [0.15, 0.2) is 17.2 Å². The Bertz CT molecular complexity index is 1320. The van der Waals surface area contributed by atoms with Crippen LogP contribution in [0.2, 0.25) is 0 Å². The molecule has 3 saturated heterocycles. The summed E-state index contributed by atoms with van der Waals surface area (Å²) in [6, 6.07) is 6.58. The standard InChI is InChI=1S/C26H29F4N3O5S2/c27-16-1-3-20(4-2-16)39-14-18(5-7-33-12-17(28)13-33)31-24-22(29)9-21(10-23(24)30)40(35,36)32-25(34)26-11-19(37-15-26)6-8-38-26/h1-4,9-10,17-19,31H,5-8,11-15H2,(H,32,34)/t18-,19-,26+/m1/s1. The number of sulfonamides is 1. The molecule has 3 aliphatic rings. The second-order valence-corrected chi connectivity index (χ2v) is 13.0. The van der Waals surface area contributed by atoms with Crippen molar-refractivity contribution in [3.05, 3.63) is 53.8 Å². The predicted molar refractivity (Wildman–Crippen MR) is 140 cm³/mol. The van der Waals surface area contributed by atoms with Crippen molar-refractivity contribution in [1.82, 2.24) is 9.62 Å². The van der Waals surface area contributed by atoms with Crippen molar-refractivity contribution in [2.75, 3.05) is 43.9 Å². The molecule has 3 fully saturated rings. The van der Waals surface area contributed by atoms with Crippen molar-refractivity contribution >= 4 is 33.4 Å². The van der Waals surface area contributed by atoms with Crippen LogP contribution in [0.5, 0.6) is 0 Å². The second-order valence-electron chi connectivity index (χ2n) is 10.2. The Balaban J connectivity index is 1.28. The van der Waals surface area contributed by atoms with Crippen LogP contribution in [0.15, 0.2) is 46.2 Å². The third-order valence-electron chi connectivity index (χ3n) is 7.21. The first-order chi connectivity index (χ1) is 19.0. The van der Waals surface area contributed by atoms with Gasteiger partial charge in [-0.25, -0.2) is 30.7 Å². The highest BCUT2D eigenvalue weighted by atomic mass is 32.2. The number of ether oxygens (including phenoxy) is 2. The summed E-state index contributed by atoms with van der Waals surface area (Å²) in [6.45, 7) is 1.19. The van der Waals surface area contributed by atoms with Crippen molar-refractivity contribution in [2.24, 2.45) is 0 Å². The van der Waals surface area contributed by atoms with Crippen molar-refractivity contribution < 1.29 is 40.2 Å². The van der Waals surface area contributed by atoms with E-state index < -0.39 is 56.0 Å². The van der Waals surface area contributed by atoms with E-state index in [1.807, 2.05) is 9.62 Å². The summed E-state index contributed by atoms with van der Waals surface area (Å²) >= 11 is 1.35. The molecule has 2 aromatic rings. The van der Waals surface area contributed by atoms with Gasteiger partial charge in [0.1, 0.15) is 17.7 Å². The van der Waals surface area contributed by atoms with Crippen LogP contribution in [-0.2, 0) is 24.3 Å². The molecular formula is C26H29F4N3O5S2. The number of fused-ring (bicyclic) bond motifs is 2. The van der Waals surface area contributed by atoms with Gasteiger partial charge in [-0.05, 0) is 49.2 Å². The molecule has 8 nitrogen and oxygen atoms in total. The minimum atomic E-state index is -4.62. The zero-order valence-corrected chi connectivity index (χ0v) is 23.0. The lowest BCUT2D eigenvalue weighted by Gasteiger charge is -2.35. The lowest BCUT2D eigenvalue weighted by molar-refractivity contribution is -0.146. The van der Waals surface area contributed by atoms with Crippen molar-refractivity contribution in [3.8, 4) is 0 Å². The molecule has 0 radical (unpaired) electrons. The molecule has 3 aliphatic heterocycles. The molecule has 14 heteroatoms. The van der Waals surface area contributed by atoms with Crippen LogP contribution >= 0.6 is 11.8 Å². The fourth-order valence-electron chi connectivity index (χ4n) is 4.91. The Hall–Kier alpha value is -2.39. The van der Waals surface area contributed by atoms with Crippen LogP contribution in [0, 0.1) is 17.5 Å². The molecule has 218 valence electrons. The predicted octanol–water partition coefficient (Wildman–Crippen LogP) is 3.47. The van der Waals surface area contributed by atoms with Gasteiger partial charge in [0.2, 0.25) is 0 Å². The average molecular weight is 604 g/mol. The van der Waals surface area contributed by atoms with Crippen LogP contribution < -0.4 is 10.0 Å². The molecule has 2 N–H and O–H groups in total. The van der Waals surface area contributed by atoms with Gasteiger partial charge in [0, 0.05) is 42.7 Å². The van der Waals surface area contributed by atoms with Gasteiger partial charge < -0.3 is 14.8 Å². The lowest BCUT2D eigenvalue weighted by Crippen LogP contribution is -2.52. The first-order valence-corrected chi connectivity index (χ1v) is 15.3. The van der Waals surface area contributed by atoms with E-state index in [2.05, 4.69) is 5.32 Å². The zero-order valence-electron chi connectivity index (χ0n) is 21.4. The molecule has 0 unspecified atom stereocenters. The monoisotopic (exact) mass is 603 g/mol. The van der Waals surface area contributed by atoms with E-state index in [4.69, 9.17) is 9.47 Å². The minimum absolute atomic E-state index is 0.106. The Morgan fingerprint density at radius 3 is 2.52 bits per heavy atom. The highest BCUT2D eigenvalue weighted by Crippen LogP contribution is 2.35. The SMILES string of the molecule is O=C(NS(=O)(=O)c1cc(F)c(N[C@H](CCN2CC(F)C2)CSc2ccc(F)cc2)c(F)c1)[C@]12CO[C@H](CCO1)C2. The number of carbonyl (C=O) groups excluding carboxylic acids is 1. The number of amides is 1. The largest absolute Gasteiger partial charge is 0.377 e. The van der Waals surface area contributed by atoms with E-state index in [1.54, 1.807) is 12.1 Å². The Morgan fingerprint density at radius 1 is 1.15 bits per heavy atom. The van der Waals surface area contributed by atoms with E-state index in [-0.39, 0.29) is 44.6 Å². The molecule has 3 heterocycles. The second kappa shape index (κ2) is 11.8. The molecular weight excluding hydrogens is 574 g/mol. The maximum Gasteiger partial charge on any atom is 0.268 e. The van der Waals surface area contributed by atoms with Crippen LogP contribution in [0.25, 0.3) is 0 Å². The Labute approximate surface area is 233 Å². The van der Waals surface area contributed by atoms with Crippen LogP contribution in [0.1, 0.15) is 19.3 Å². The van der Waals surface area contributed by atoms with Gasteiger partial charge in [-0.15, -0.1) is 11.8 Å². The van der Waals surface area contributed by atoms with E-state index in [0.29, 0.717) is 37.3 Å². The third-order valence-corrected chi connectivity index (χ3v) is 9.70. The van der Waals surface area contributed by atoms with Crippen molar-refractivity contribution in [1.29, 1.82) is 0 Å². The maximum atomic E-state index is 15.1. The molecule has 3 atom stereocenters. The molecule has 0 spiro atoms. The first kappa shape index (κ1) is 29.1. The molecule has 2 aromatic carbocycles. The summed E-state index contributed by atoms with van der Waals surface area (Å²) in [4.78, 5) is 14.7. The van der Waals surface area contributed by atoms with Gasteiger partial charge in [0.25, 0.3) is 15.9 Å². The highest BCUT2D eigenvalue weighted by molar-refractivity contribution is 7.99. The number of likely N-dealkylation sites (tertiary alicyclic amines) is 1. The number of nitrogens with zero attached hydrogens (tertiary/aromatic N) is 1. The van der Waals surface area contributed by atoms with Crippen LogP contribution in [0.3, 0.4) is 0 Å². The Kier molecular flexibility index (Phi) is 8.62. The summed E-state index contributed by atoms with van der Waals surface area (Å²) in [7, 11) is -4.62. The van der Waals surface area contributed by atoms with Gasteiger partial charge in [-0.3, -0.25) is 9.69 Å². The first-order valence-electron chi connectivity index (χ1n) is 12.9. The third kappa shape index (κ3) is 6.56. The maximum absolute atomic E-state index is 15.1. The number of alkyl halides is 1. The van der Waals surface area contributed by atoms with Gasteiger partial charge in [-0.1, -0.05) is 0 Å². The number of nitrogens with one attached hydrogen (secondary N) is 2. The number of carbonyl (C=O) groups is 1. The van der Waals surface area contributed by atoms with Gasteiger partial charge in [0.05, 0.1) is 24.2 Å². The van der Waals surface area contributed by atoms with Crippen molar-refractivity contribution in [2.45, 2.75) is 53.0 Å². The summed E-state index contributed by atoms with van der Waals surface area (Å²) in [5.41, 5.74) is -1.98. The van der Waals surface area contributed by atoms with Crippen molar-refractivity contribution in [3.63, 3.8) is 0 Å². The minimum Gasteiger partial charge on any atom is -0.377 e. The Morgan fingerprint density at radius 2 is 1.85 bits per heavy atom. The number of hydrogen-bond acceptors (Lipinski definition) is 8. The summed E-state index contributed by atoms with van der Waals surface area (Å²) in [5.74, 6) is -3.31. The molecule has 2 bridgehead atoms. The summed E-state index contributed by atoms with van der Waals surface area (Å²) in [6.07, 6.45) is 0.0968. The smallest absolute Gasteiger partial charge is 0.268 e. The van der Waals surface area contributed by atoms with Gasteiger partial charge in [-0.2, -0.15) is 0 Å². The van der Waals surface area contributed by atoms with E-state index >= 15 is 8.78 Å². The number of hydrogen-bond donors (Lipinski definition) is 2. The molecule has 5 rings (SSSR count). The zero-order chi connectivity index (χ0) is 28.5. The van der Waals surface area contributed by atoms with Gasteiger partial charge >= 0.3 is 0 Å². The van der Waals surface area contributed by atoms with Crippen LogP contribution in [0.4, 0.5) is 23.2 Å². The van der Waals surface area contributed by atoms with E-state index in [1.165, 1.54) is 23.9 Å². The summed E-state index contributed by atoms with van der Waals surface area (Å²) < 4.78 is 95.4. The quantitative estimate of drug-likeness (QED) is 0.298. The molecule has 1 amide bonds. The fraction of sp³-hybridized carbons (Fsp3) is 0.500. The molecule has 0 aromatic heterocycles. The highest BCUT2D eigenvalue weighted by Gasteiger charge is 2.51. The average Bonchev–Trinajstić information content (AvgIpc) is 3.20. The molecule has 40 heavy (non-hydrogen) atoms. The number of benzene rings is 2. The number of halogens is 4. The normalized spacial score (nSPS) is 23.9. The van der Waals surface area contributed by atoms with Crippen LogP contribution in [-0.4, -0.2) is 81.7 Å². The van der Waals surface area contributed by atoms with E-state index in [0.717, 1.165) is 4.90 Å². The molecule has 0 aliphatic carbocycles. The lowest BCUT2D eigenvalue weighted by atomic mass is 9.95. The number of anilines is 1. The molecule has 0 saturated carbocycles. The topological polar surface area (TPSA) is 97.0 Å².